The molecule has 2 N–H and O–H groups in total. The van der Waals surface area contributed by atoms with Crippen molar-refractivity contribution in [2.24, 2.45) is 0 Å². The lowest BCUT2D eigenvalue weighted by molar-refractivity contribution is -0.122. The van der Waals surface area contributed by atoms with Crippen molar-refractivity contribution in [3.05, 3.63) is 64.0 Å². The van der Waals surface area contributed by atoms with Crippen LogP contribution in [-0.2, 0) is 11.3 Å². The van der Waals surface area contributed by atoms with Crippen LogP contribution in [0.15, 0.2) is 53.3 Å². The number of amides is 1. The van der Waals surface area contributed by atoms with Gasteiger partial charge in [0.15, 0.2) is 5.82 Å². The van der Waals surface area contributed by atoms with E-state index >= 15 is 0 Å². The van der Waals surface area contributed by atoms with Crippen LogP contribution in [0, 0.1) is 0 Å². The molecule has 0 aliphatic rings. The van der Waals surface area contributed by atoms with Gasteiger partial charge in [0.05, 0.1) is 5.69 Å². The number of hydrogen-bond acceptors (Lipinski definition) is 4. The molecule has 0 fully saturated rings. The van der Waals surface area contributed by atoms with Crippen LogP contribution < -0.4 is 11.0 Å². The third-order valence-corrected chi connectivity index (χ3v) is 4.03. The SMILES string of the molecule is CC(C)NC(=O)Cn1c(-c2cccc(Cl)c2)nn(-c2ccc(O)cc2)c1=O. The Hall–Kier alpha value is -3.06. The molecule has 7 nitrogen and oxygen atoms in total. The Morgan fingerprint density at radius 1 is 1.22 bits per heavy atom. The van der Waals surface area contributed by atoms with Crippen LogP contribution in [0.25, 0.3) is 17.1 Å². The van der Waals surface area contributed by atoms with Gasteiger partial charge in [0, 0.05) is 16.6 Å². The lowest BCUT2D eigenvalue weighted by Crippen LogP contribution is -2.36. The highest BCUT2D eigenvalue weighted by Crippen LogP contribution is 2.21. The van der Waals surface area contributed by atoms with Crippen molar-refractivity contribution in [2.75, 3.05) is 0 Å². The quantitative estimate of drug-likeness (QED) is 0.705. The van der Waals surface area contributed by atoms with Crippen LogP contribution in [0.2, 0.25) is 5.02 Å². The van der Waals surface area contributed by atoms with Crippen LogP contribution in [0.5, 0.6) is 5.75 Å². The second-order valence-electron chi connectivity index (χ2n) is 6.35. The maximum absolute atomic E-state index is 12.9. The molecule has 0 spiro atoms. The minimum Gasteiger partial charge on any atom is -0.508 e. The van der Waals surface area contributed by atoms with Gasteiger partial charge in [0.25, 0.3) is 0 Å². The van der Waals surface area contributed by atoms with E-state index in [-0.39, 0.29) is 24.2 Å². The molecule has 8 heteroatoms. The molecule has 0 aliphatic heterocycles. The largest absolute Gasteiger partial charge is 0.508 e. The summed E-state index contributed by atoms with van der Waals surface area (Å²) in [6.07, 6.45) is 0. The van der Waals surface area contributed by atoms with Crippen LogP contribution in [0.4, 0.5) is 0 Å². The number of carbonyl (C=O) groups is 1. The Balaban J connectivity index is 2.12. The zero-order valence-corrected chi connectivity index (χ0v) is 15.6. The number of phenols is 1. The molecule has 1 amide bonds. The van der Waals surface area contributed by atoms with Gasteiger partial charge in [-0.3, -0.25) is 9.36 Å². The average Bonchev–Trinajstić information content (AvgIpc) is 2.92. The van der Waals surface area contributed by atoms with Crippen LogP contribution in [0.3, 0.4) is 0 Å². The zero-order chi connectivity index (χ0) is 19.6. The lowest BCUT2D eigenvalue weighted by atomic mass is 10.2. The number of nitrogens with zero attached hydrogens (tertiary/aromatic N) is 3. The van der Waals surface area contributed by atoms with Crippen molar-refractivity contribution in [3.63, 3.8) is 0 Å². The Labute approximate surface area is 160 Å². The molecule has 27 heavy (non-hydrogen) atoms. The van der Waals surface area contributed by atoms with Gasteiger partial charge < -0.3 is 10.4 Å². The summed E-state index contributed by atoms with van der Waals surface area (Å²) in [6, 6.07) is 12.9. The molecular weight excluding hydrogens is 368 g/mol. The van der Waals surface area contributed by atoms with Crippen LogP contribution in [0.1, 0.15) is 13.8 Å². The van der Waals surface area contributed by atoms with E-state index in [1.807, 2.05) is 13.8 Å². The normalized spacial score (nSPS) is 11.0. The Morgan fingerprint density at radius 3 is 2.56 bits per heavy atom. The monoisotopic (exact) mass is 386 g/mol. The number of halogens is 1. The van der Waals surface area contributed by atoms with E-state index in [0.29, 0.717) is 22.1 Å². The number of benzene rings is 2. The second-order valence-corrected chi connectivity index (χ2v) is 6.79. The van der Waals surface area contributed by atoms with Crippen molar-refractivity contribution in [3.8, 4) is 22.8 Å². The molecule has 3 rings (SSSR count). The maximum Gasteiger partial charge on any atom is 0.351 e. The first-order valence-electron chi connectivity index (χ1n) is 8.39. The molecule has 3 aromatic rings. The summed E-state index contributed by atoms with van der Waals surface area (Å²) in [6.45, 7) is 3.52. The highest BCUT2D eigenvalue weighted by atomic mass is 35.5. The molecule has 2 aromatic carbocycles. The summed E-state index contributed by atoms with van der Waals surface area (Å²) in [4.78, 5) is 25.2. The second kappa shape index (κ2) is 7.67. The van der Waals surface area contributed by atoms with Gasteiger partial charge in [-0.2, -0.15) is 4.68 Å². The van der Waals surface area contributed by atoms with E-state index in [1.165, 1.54) is 21.4 Å². The number of carbonyl (C=O) groups excluding carboxylic acids is 1. The van der Waals surface area contributed by atoms with Crippen molar-refractivity contribution < 1.29 is 9.90 Å². The molecule has 0 saturated carbocycles. The highest BCUT2D eigenvalue weighted by molar-refractivity contribution is 6.30. The summed E-state index contributed by atoms with van der Waals surface area (Å²) in [5.41, 5.74) is 0.633. The third-order valence-electron chi connectivity index (χ3n) is 3.79. The minimum atomic E-state index is -0.463. The predicted molar refractivity (Wildman–Crippen MR) is 103 cm³/mol. The Morgan fingerprint density at radius 2 is 1.93 bits per heavy atom. The predicted octanol–water partition coefficient (Wildman–Crippen LogP) is 2.58. The van der Waals surface area contributed by atoms with Gasteiger partial charge in [-0.15, -0.1) is 5.10 Å². The summed E-state index contributed by atoms with van der Waals surface area (Å²) in [5, 5.41) is 17.1. The minimum absolute atomic E-state index is 0.0463. The fourth-order valence-electron chi connectivity index (χ4n) is 2.65. The Kier molecular flexibility index (Phi) is 5.32. The highest BCUT2D eigenvalue weighted by Gasteiger charge is 2.19. The van der Waals surface area contributed by atoms with E-state index in [1.54, 1.807) is 36.4 Å². The number of hydrogen-bond donors (Lipinski definition) is 2. The smallest absolute Gasteiger partial charge is 0.351 e. The summed E-state index contributed by atoms with van der Waals surface area (Å²) < 4.78 is 2.49. The molecule has 1 aromatic heterocycles. The van der Waals surface area contributed by atoms with Gasteiger partial charge >= 0.3 is 5.69 Å². The fraction of sp³-hybridized carbons (Fsp3) is 0.211. The van der Waals surface area contributed by atoms with E-state index in [4.69, 9.17) is 11.6 Å². The molecule has 0 unspecified atom stereocenters. The molecule has 0 radical (unpaired) electrons. The van der Waals surface area contributed by atoms with Gasteiger partial charge in [0.1, 0.15) is 12.3 Å². The number of phenolic OH excluding ortho intramolecular Hbond substituents is 1. The number of rotatable bonds is 5. The first-order chi connectivity index (χ1) is 12.8. The van der Waals surface area contributed by atoms with E-state index in [9.17, 15) is 14.7 Å². The Bertz CT molecular complexity index is 1020. The number of aromatic nitrogens is 3. The standard InChI is InChI=1S/C19H19ClN4O3/c1-12(2)21-17(26)11-23-18(13-4-3-5-14(20)10-13)22-24(19(23)27)15-6-8-16(25)9-7-15/h3-10,12,25H,11H2,1-2H3,(H,21,26). The molecule has 0 atom stereocenters. The number of nitrogens with one attached hydrogen (secondary N) is 1. The van der Waals surface area contributed by atoms with Crippen molar-refractivity contribution in [1.29, 1.82) is 0 Å². The van der Waals surface area contributed by atoms with Crippen molar-refractivity contribution in [2.45, 2.75) is 26.4 Å². The van der Waals surface area contributed by atoms with Gasteiger partial charge in [-0.05, 0) is 50.2 Å². The van der Waals surface area contributed by atoms with E-state index in [2.05, 4.69) is 10.4 Å². The molecule has 0 bridgehead atoms. The molecule has 1 heterocycles. The average molecular weight is 387 g/mol. The lowest BCUT2D eigenvalue weighted by Gasteiger charge is -2.09. The molecule has 140 valence electrons. The van der Waals surface area contributed by atoms with E-state index in [0.717, 1.165) is 0 Å². The van der Waals surface area contributed by atoms with Crippen molar-refractivity contribution >= 4 is 17.5 Å². The van der Waals surface area contributed by atoms with Crippen molar-refractivity contribution in [1.82, 2.24) is 19.7 Å². The van der Waals surface area contributed by atoms with Gasteiger partial charge in [0.2, 0.25) is 5.91 Å². The zero-order valence-electron chi connectivity index (χ0n) is 14.9. The summed E-state index contributed by atoms with van der Waals surface area (Å²) >= 11 is 6.07. The summed E-state index contributed by atoms with van der Waals surface area (Å²) in [5.74, 6) is 0.118. The third kappa shape index (κ3) is 4.20. The first-order valence-corrected chi connectivity index (χ1v) is 8.77. The topological polar surface area (TPSA) is 89.2 Å². The summed E-state index contributed by atoms with van der Waals surface area (Å²) in [7, 11) is 0. The maximum atomic E-state index is 12.9. The van der Waals surface area contributed by atoms with Gasteiger partial charge in [-0.25, -0.2) is 4.79 Å². The molecule has 0 aliphatic carbocycles. The first kappa shape index (κ1) is 18.7. The fourth-order valence-corrected chi connectivity index (χ4v) is 2.84. The molecular formula is C19H19ClN4O3. The van der Waals surface area contributed by atoms with Crippen LogP contribution in [-0.4, -0.2) is 31.4 Å². The van der Waals surface area contributed by atoms with E-state index < -0.39 is 5.69 Å². The van der Waals surface area contributed by atoms with Gasteiger partial charge in [-0.1, -0.05) is 23.7 Å². The number of aromatic hydroxyl groups is 1. The van der Waals surface area contributed by atoms with Crippen LogP contribution >= 0.6 is 11.6 Å². The molecule has 0 saturated heterocycles.